The Morgan fingerprint density at radius 2 is 1.07 bits per heavy atom. The summed E-state index contributed by atoms with van der Waals surface area (Å²) in [6.45, 7) is 1.23. The molecular weight excluding hydrogens is 227 g/mol. The van der Waals surface area contributed by atoms with Crippen molar-refractivity contribution >= 4 is 23.2 Å². The van der Waals surface area contributed by atoms with E-state index in [0.717, 1.165) is 0 Å². The monoisotopic (exact) mass is 244 g/mol. The van der Waals surface area contributed by atoms with E-state index in [0.29, 0.717) is 24.8 Å². The maximum absolute atomic E-state index is 11.6. The summed E-state index contributed by atoms with van der Waals surface area (Å²) in [5.74, 6) is 0.635. The average Bonchev–Trinajstić information content (AvgIpc) is 2.01. The molecule has 0 N–H and O–H groups in total. The molecule has 0 aromatic rings. The fourth-order valence-electron chi connectivity index (χ4n) is 1.00. The fraction of sp³-hybridized carbons (Fsp3) is 1.00. The van der Waals surface area contributed by atoms with Crippen LogP contribution < -0.4 is 0 Å². The molecule has 0 aliphatic carbocycles. The molecule has 0 aromatic heterocycles. The van der Waals surface area contributed by atoms with Crippen molar-refractivity contribution in [2.45, 2.75) is 0 Å². The number of likely N-dealkylation sites (N-methyl/N-ethyl adjacent to an activating group) is 2. The minimum absolute atomic E-state index is 0.281. The lowest BCUT2D eigenvalue weighted by Crippen LogP contribution is -2.50. The van der Waals surface area contributed by atoms with E-state index in [1.807, 2.05) is 0 Å². The third-order valence-electron chi connectivity index (χ3n) is 2.16. The molecule has 4 nitrogen and oxygen atoms in total. The van der Waals surface area contributed by atoms with Crippen LogP contribution in [0.2, 0.25) is 0 Å². The van der Waals surface area contributed by atoms with Gasteiger partial charge < -0.3 is 19.7 Å². The number of rotatable bonds is 7. The minimum Gasteiger partial charge on any atom is -0.633 e. The summed E-state index contributed by atoms with van der Waals surface area (Å²) in [5, 5.41) is 23.2. The molecule has 0 saturated heterocycles. The molecule has 6 heteroatoms. The summed E-state index contributed by atoms with van der Waals surface area (Å²) in [7, 11) is 3.06. The van der Waals surface area contributed by atoms with Gasteiger partial charge in [-0.05, 0) is 0 Å². The Balaban J connectivity index is 3.90. The molecule has 2 unspecified atom stereocenters. The van der Waals surface area contributed by atoms with E-state index < -0.39 is 9.29 Å². The second-order valence-corrected chi connectivity index (χ2v) is 4.62. The Labute approximate surface area is 95.3 Å². The van der Waals surface area contributed by atoms with E-state index in [1.165, 1.54) is 14.1 Å². The number of nitrogens with zero attached hydrogens (tertiary/aromatic N) is 2. The lowest BCUT2D eigenvalue weighted by molar-refractivity contribution is -0.915. The van der Waals surface area contributed by atoms with Crippen molar-refractivity contribution in [1.29, 1.82) is 0 Å². The first-order valence-corrected chi connectivity index (χ1v) is 5.63. The first kappa shape index (κ1) is 14.4. The fourth-order valence-corrected chi connectivity index (χ4v) is 1.72. The maximum atomic E-state index is 11.6. The molecule has 14 heavy (non-hydrogen) atoms. The van der Waals surface area contributed by atoms with Crippen molar-refractivity contribution in [3.05, 3.63) is 10.4 Å². The SMILES string of the molecule is C[N+]([O-])(CCCl)CC[N+](C)([O-])CCCl. The first-order valence-electron chi connectivity index (χ1n) is 4.56. The van der Waals surface area contributed by atoms with Gasteiger partial charge in [-0.15, -0.1) is 23.2 Å². The standard InChI is InChI=1S/C8H18Cl2N2O2/c1-11(13,5-3-9)7-8-12(2,14)6-4-10/h3-8H2,1-2H3. The highest BCUT2D eigenvalue weighted by Crippen LogP contribution is 2.05. The van der Waals surface area contributed by atoms with E-state index in [1.54, 1.807) is 0 Å². The molecule has 0 fully saturated rings. The van der Waals surface area contributed by atoms with Gasteiger partial charge in [-0.2, -0.15) is 0 Å². The lowest BCUT2D eigenvalue weighted by Gasteiger charge is -2.44. The zero-order valence-electron chi connectivity index (χ0n) is 8.71. The van der Waals surface area contributed by atoms with Gasteiger partial charge in [0.05, 0.1) is 38.9 Å². The number of hydrogen-bond acceptors (Lipinski definition) is 2. The zero-order chi connectivity index (χ0) is 11.2. The van der Waals surface area contributed by atoms with Crippen molar-refractivity contribution in [2.24, 2.45) is 0 Å². The van der Waals surface area contributed by atoms with Crippen molar-refractivity contribution in [3.8, 4) is 0 Å². The van der Waals surface area contributed by atoms with E-state index in [4.69, 9.17) is 23.2 Å². The summed E-state index contributed by atoms with van der Waals surface area (Å²) < 4.78 is -0.913. The Bertz CT molecular complexity index is 147. The third kappa shape index (κ3) is 6.81. The van der Waals surface area contributed by atoms with Gasteiger partial charge in [-0.25, -0.2) is 0 Å². The van der Waals surface area contributed by atoms with Crippen LogP contribution in [0.4, 0.5) is 0 Å². The van der Waals surface area contributed by atoms with E-state index in [2.05, 4.69) is 0 Å². The lowest BCUT2D eigenvalue weighted by atomic mass is 10.4. The normalized spacial score (nSPS) is 20.1. The molecular formula is C8H18Cl2N2O2. The van der Waals surface area contributed by atoms with E-state index >= 15 is 0 Å². The number of hydrogen-bond donors (Lipinski definition) is 0. The van der Waals surface area contributed by atoms with Gasteiger partial charge in [0.1, 0.15) is 13.1 Å². The Morgan fingerprint density at radius 3 is 1.29 bits per heavy atom. The van der Waals surface area contributed by atoms with Crippen LogP contribution in [-0.2, 0) is 0 Å². The summed E-state index contributed by atoms with van der Waals surface area (Å²) in [6.07, 6.45) is 0. The zero-order valence-corrected chi connectivity index (χ0v) is 10.2. The Hall–Kier alpha value is 0.420. The van der Waals surface area contributed by atoms with Crippen LogP contribution in [0.15, 0.2) is 0 Å². The maximum Gasteiger partial charge on any atom is 0.128 e. The van der Waals surface area contributed by atoms with Crippen LogP contribution >= 0.6 is 23.2 Å². The summed E-state index contributed by atoms with van der Waals surface area (Å²) in [6, 6.07) is 0. The highest BCUT2D eigenvalue weighted by Gasteiger charge is 2.16. The Kier molecular flexibility index (Phi) is 6.28. The molecule has 0 rings (SSSR count). The molecule has 0 amide bonds. The summed E-state index contributed by atoms with van der Waals surface area (Å²) in [4.78, 5) is 0. The predicted octanol–water partition coefficient (Wildman–Crippen LogP) is 1.35. The topological polar surface area (TPSA) is 46.1 Å². The molecule has 0 heterocycles. The second-order valence-electron chi connectivity index (χ2n) is 3.87. The van der Waals surface area contributed by atoms with Crippen molar-refractivity contribution < 1.29 is 9.29 Å². The van der Waals surface area contributed by atoms with Crippen molar-refractivity contribution in [1.82, 2.24) is 0 Å². The van der Waals surface area contributed by atoms with Crippen LogP contribution in [0.5, 0.6) is 0 Å². The highest BCUT2D eigenvalue weighted by atomic mass is 35.5. The van der Waals surface area contributed by atoms with Crippen LogP contribution in [0, 0.1) is 10.4 Å². The largest absolute Gasteiger partial charge is 0.633 e. The smallest absolute Gasteiger partial charge is 0.128 e. The second kappa shape index (κ2) is 6.10. The molecule has 0 spiro atoms. The third-order valence-corrected chi connectivity index (χ3v) is 2.50. The van der Waals surface area contributed by atoms with Gasteiger partial charge in [-0.1, -0.05) is 0 Å². The number of hydroxylamine groups is 6. The molecule has 0 saturated carbocycles. The van der Waals surface area contributed by atoms with Crippen LogP contribution in [0.25, 0.3) is 0 Å². The highest BCUT2D eigenvalue weighted by molar-refractivity contribution is 6.18. The van der Waals surface area contributed by atoms with Crippen LogP contribution in [0.3, 0.4) is 0 Å². The predicted molar refractivity (Wildman–Crippen MR) is 60.0 cm³/mol. The molecule has 0 aliphatic rings. The van der Waals surface area contributed by atoms with Gasteiger partial charge in [0.15, 0.2) is 0 Å². The molecule has 86 valence electrons. The van der Waals surface area contributed by atoms with Crippen LogP contribution in [-0.4, -0.2) is 61.3 Å². The van der Waals surface area contributed by atoms with E-state index in [-0.39, 0.29) is 13.1 Å². The summed E-state index contributed by atoms with van der Waals surface area (Å²) in [5.41, 5.74) is 0. The minimum atomic E-state index is -0.456. The first-order chi connectivity index (χ1) is 6.33. The quantitative estimate of drug-likeness (QED) is 0.386. The van der Waals surface area contributed by atoms with Gasteiger partial charge >= 0.3 is 0 Å². The van der Waals surface area contributed by atoms with Gasteiger partial charge in [-0.3, -0.25) is 0 Å². The van der Waals surface area contributed by atoms with E-state index in [9.17, 15) is 10.4 Å². The Morgan fingerprint density at radius 1 is 0.786 bits per heavy atom. The van der Waals surface area contributed by atoms with Crippen molar-refractivity contribution in [2.75, 3.05) is 52.0 Å². The van der Waals surface area contributed by atoms with Gasteiger partial charge in [0.2, 0.25) is 0 Å². The molecule has 0 radical (unpaired) electrons. The van der Waals surface area contributed by atoms with Gasteiger partial charge in [0, 0.05) is 0 Å². The average molecular weight is 245 g/mol. The number of quaternary nitrogens is 2. The van der Waals surface area contributed by atoms with Crippen LogP contribution in [0.1, 0.15) is 0 Å². The summed E-state index contributed by atoms with van der Waals surface area (Å²) >= 11 is 11.0. The molecule has 0 bridgehead atoms. The molecule has 0 aromatic carbocycles. The van der Waals surface area contributed by atoms with Crippen molar-refractivity contribution in [3.63, 3.8) is 0 Å². The van der Waals surface area contributed by atoms with Gasteiger partial charge in [0.25, 0.3) is 0 Å². The molecule has 0 aliphatic heterocycles. The molecule has 2 atom stereocenters. The number of halogens is 2. The number of alkyl halides is 2.